The molecule has 16 heteroatoms. The monoisotopic (exact) mass is 711 g/mol. The van der Waals surface area contributed by atoms with Crippen LogP contribution in [0, 0.1) is 46.9 Å². The van der Waals surface area contributed by atoms with Gasteiger partial charge in [0, 0.05) is 39.3 Å². The molecule has 1 rings (SSSR count). The number of unbranched alkanes of at least 4 members (excludes halogenated alkanes) is 1. The Morgan fingerprint density at radius 3 is 1.53 bits per heavy atom. The van der Waals surface area contributed by atoms with E-state index < -0.39 is 34.0 Å². The van der Waals surface area contributed by atoms with Crippen LogP contribution in [0.3, 0.4) is 0 Å². The van der Waals surface area contributed by atoms with Crippen LogP contribution in [0.4, 0.5) is 0 Å². The summed E-state index contributed by atoms with van der Waals surface area (Å²) in [7, 11) is -3.20. The standard InChI is InChI=1S/C14H25N4O6.C8H18NO3S.Gd/c19-12(20)9-16-3-1-15-2-4-17(10-13(21)22)6-8-18(7-5-16)11-14(23)24;1-4-5-6-9(7-8(2)10)13(3,11)12;/h1-11H2,(H,19,20)(H,21,22)(H,23,24);8,10H,2,4-7H2,1,3H3;/q2*-1;+2. The average Bonchev–Trinajstić information content (AvgIpc) is 2.75. The van der Waals surface area contributed by atoms with Gasteiger partial charge in [0.2, 0.25) is 10.0 Å². The van der Waals surface area contributed by atoms with Crippen molar-refractivity contribution in [1.82, 2.24) is 19.0 Å². The van der Waals surface area contributed by atoms with Gasteiger partial charge in [-0.15, -0.1) is 13.1 Å². The first-order valence-electron chi connectivity index (χ1n) is 12.2. The largest absolute Gasteiger partial charge is 2.00 e. The van der Waals surface area contributed by atoms with Gasteiger partial charge in [-0.05, 0) is 19.5 Å². The summed E-state index contributed by atoms with van der Waals surface area (Å²) in [6.07, 6.45) is 2.02. The van der Waals surface area contributed by atoms with E-state index >= 15 is 0 Å². The molecule has 0 aliphatic carbocycles. The van der Waals surface area contributed by atoms with Gasteiger partial charge in [-0.1, -0.05) is 19.4 Å². The van der Waals surface area contributed by atoms with Crippen molar-refractivity contribution < 1.29 is 83.2 Å². The fraction of sp³-hybridized carbons (Fsp3) is 0.818. The van der Waals surface area contributed by atoms with Gasteiger partial charge in [-0.2, -0.15) is 0 Å². The normalized spacial score (nSPS) is 17.7. The van der Waals surface area contributed by atoms with Crippen molar-refractivity contribution in [2.24, 2.45) is 0 Å². The van der Waals surface area contributed by atoms with Crippen molar-refractivity contribution in [3.05, 3.63) is 12.2 Å². The topological polar surface area (TPSA) is 193 Å². The number of hydrogen-bond acceptors (Lipinski definition) is 9. The summed E-state index contributed by atoms with van der Waals surface area (Å²) in [6.45, 7) is 9.04. The van der Waals surface area contributed by atoms with Crippen molar-refractivity contribution >= 4 is 27.9 Å². The number of rotatable bonds is 12. The van der Waals surface area contributed by atoms with Crippen LogP contribution < -0.4 is 0 Å². The molecule has 4 N–H and O–H groups in total. The number of aliphatic hydroxyl groups excluding tert-OH is 1. The summed E-state index contributed by atoms with van der Waals surface area (Å²) >= 11 is 0. The Balaban J connectivity index is 0. The van der Waals surface area contributed by atoms with Crippen LogP contribution in [-0.2, 0) is 24.4 Å². The molecular formula is C22H43GdN5O9S. The third-order valence-corrected chi connectivity index (χ3v) is 6.60. The number of nitrogens with zero attached hydrogens (tertiary/aromatic N) is 5. The van der Waals surface area contributed by atoms with Crippen LogP contribution in [0.2, 0.25) is 0 Å². The predicted octanol–water partition coefficient (Wildman–Crippen LogP) is -1.22. The smallest absolute Gasteiger partial charge is 0.660 e. The van der Waals surface area contributed by atoms with E-state index in [1.807, 2.05) is 6.92 Å². The van der Waals surface area contributed by atoms with E-state index in [4.69, 9.17) is 20.4 Å². The molecule has 0 spiro atoms. The van der Waals surface area contributed by atoms with Crippen molar-refractivity contribution in [3.63, 3.8) is 0 Å². The third-order valence-electron chi connectivity index (χ3n) is 5.33. The molecule has 0 aromatic carbocycles. The van der Waals surface area contributed by atoms with Crippen molar-refractivity contribution in [3.8, 4) is 0 Å². The van der Waals surface area contributed by atoms with E-state index in [2.05, 4.69) is 12.2 Å². The van der Waals surface area contributed by atoms with Crippen LogP contribution in [0.5, 0.6) is 0 Å². The first-order chi connectivity index (χ1) is 17.2. The van der Waals surface area contributed by atoms with Crippen molar-refractivity contribution in [2.75, 3.05) is 91.3 Å². The maximum absolute atomic E-state index is 11.2. The van der Waals surface area contributed by atoms with Gasteiger partial charge in [0.05, 0.1) is 25.9 Å². The van der Waals surface area contributed by atoms with Crippen LogP contribution in [0.25, 0.3) is 5.32 Å². The summed E-state index contributed by atoms with van der Waals surface area (Å²) in [5, 5.41) is 40.2. The Labute approximate surface area is 258 Å². The first-order valence-corrected chi connectivity index (χ1v) is 14.0. The van der Waals surface area contributed by atoms with Gasteiger partial charge in [0.15, 0.2) is 0 Å². The first kappa shape index (κ1) is 39.6. The molecule has 14 nitrogen and oxygen atoms in total. The summed E-state index contributed by atoms with van der Waals surface area (Å²) in [4.78, 5) is 38.0. The van der Waals surface area contributed by atoms with E-state index in [1.54, 1.807) is 14.7 Å². The van der Waals surface area contributed by atoms with E-state index in [9.17, 15) is 22.8 Å². The SMILES string of the molecule is O=C(O)CN1CC[N-]CCN(CC(=O)O)CCN(CC(=O)O)CC1.[CH2-]C(O)CN(CCCC)S(C)(=O)=O.[Gd+2]. The zero-order valence-electron chi connectivity index (χ0n) is 22.2. The van der Waals surface area contributed by atoms with Gasteiger partial charge in [0.25, 0.3) is 0 Å². The van der Waals surface area contributed by atoms with E-state index in [-0.39, 0.29) is 66.1 Å². The van der Waals surface area contributed by atoms with Gasteiger partial charge < -0.3 is 32.7 Å². The maximum atomic E-state index is 11.2. The second kappa shape index (κ2) is 22.2. The summed E-state index contributed by atoms with van der Waals surface area (Å²) in [6, 6.07) is 0. The number of aliphatic hydroxyl groups is 1. The summed E-state index contributed by atoms with van der Waals surface area (Å²) < 4.78 is 23.6. The Morgan fingerprint density at radius 1 is 0.868 bits per heavy atom. The second-order valence-electron chi connectivity index (χ2n) is 8.81. The molecule has 0 bridgehead atoms. The van der Waals surface area contributed by atoms with E-state index in [0.717, 1.165) is 19.1 Å². The molecule has 224 valence electrons. The molecule has 1 heterocycles. The molecule has 1 saturated heterocycles. The molecule has 1 aliphatic heterocycles. The fourth-order valence-corrected chi connectivity index (χ4v) is 4.35. The zero-order valence-corrected chi connectivity index (χ0v) is 25.3. The Hall–Kier alpha value is -0.555. The van der Waals surface area contributed by atoms with Crippen molar-refractivity contribution in [2.45, 2.75) is 25.9 Å². The van der Waals surface area contributed by atoms with Gasteiger partial charge in [-0.3, -0.25) is 29.1 Å². The Bertz CT molecular complexity index is 759. The fourth-order valence-electron chi connectivity index (χ4n) is 3.45. The Kier molecular flexibility index (Phi) is 23.1. The molecule has 0 radical (unpaired) electrons. The number of carboxylic acid groups (broad SMARTS) is 3. The van der Waals surface area contributed by atoms with Crippen LogP contribution >= 0.6 is 0 Å². The molecule has 1 aliphatic rings. The molecular weight excluding hydrogens is 668 g/mol. The number of carbonyl (C=O) groups is 3. The van der Waals surface area contributed by atoms with E-state index in [0.29, 0.717) is 58.9 Å². The molecule has 1 fully saturated rings. The molecule has 1 atom stereocenters. The average molecular weight is 711 g/mol. The third kappa shape index (κ3) is 22.3. The zero-order chi connectivity index (χ0) is 28.4. The van der Waals surface area contributed by atoms with Gasteiger partial charge >= 0.3 is 57.8 Å². The van der Waals surface area contributed by atoms with Gasteiger partial charge in [-0.25, -0.2) is 12.7 Å². The molecule has 0 aromatic rings. The molecule has 0 aromatic heterocycles. The minimum absolute atomic E-state index is 0. The summed E-state index contributed by atoms with van der Waals surface area (Å²) in [5.74, 6) is -2.83. The molecule has 0 saturated carbocycles. The predicted molar refractivity (Wildman–Crippen MR) is 138 cm³/mol. The van der Waals surface area contributed by atoms with Crippen LogP contribution in [-0.4, -0.2) is 163 Å². The van der Waals surface area contributed by atoms with Crippen LogP contribution in [0.1, 0.15) is 19.8 Å². The summed E-state index contributed by atoms with van der Waals surface area (Å²) in [5.41, 5.74) is 0. The quantitative estimate of drug-likeness (QED) is 0.177. The molecule has 0 amide bonds. The van der Waals surface area contributed by atoms with Crippen molar-refractivity contribution in [1.29, 1.82) is 0 Å². The minimum atomic E-state index is -3.20. The Morgan fingerprint density at radius 2 is 1.24 bits per heavy atom. The molecule has 1 unspecified atom stereocenters. The molecule has 38 heavy (non-hydrogen) atoms. The van der Waals surface area contributed by atoms with Crippen LogP contribution in [0.15, 0.2) is 0 Å². The van der Waals surface area contributed by atoms with E-state index in [1.165, 1.54) is 4.31 Å². The number of hydrogen-bond donors (Lipinski definition) is 4. The second-order valence-corrected chi connectivity index (χ2v) is 10.8. The number of sulfonamides is 1. The maximum Gasteiger partial charge on any atom is 2.00 e. The number of carboxylic acids is 3. The number of aliphatic carboxylic acids is 3. The van der Waals surface area contributed by atoms with Gasteiger partial charge in [0.1, 0.15) is 0 Å². The minimum Gasteiger partial charge on any atom is -0.660 e.